The van der Waals surface area contributed by atoms with Gasteiger partial charge in [-0.3, -0.25) is 0 Å². The van der Waals surface area contributed by atoms with E-state index in [1.165, 1.54) is 0 Å². The minimum absolute atomic E-state index is 0.373. The highest BCUT2D eigenvalue weighted by Gasteiger charge is 1.93. The lowest BCUT2D eigenvalue weighted by molar-refractivity contribution is 1.32. The largest absolute Gasteiger partial charge is 0.396 e. The molecule has 1 aromatic heterocycles. The third-order valence-corrected chi connectivity index (χ3v) is 1.35. The Morgan fingerprint density at radius 2 is 1.91 bits per heavy atom. The molecule has 1 aromatic rings. The van der Waals surface area contributed by atoms with Crippen LogP contribution in [0.25, 0.3) is 0 Å². The van der Waals surface area contributed by atoms with Gasteiger partial charge in [0.1, 0.15) is 5.82 Å². The number of nitrogens with two attached hydrogens (primary N) is 2. The number of nitrogens with zero attached hydrogens (tertiary/aromatic N) is 1. The molecule has 62 valence electrons. The van der Waals surface area contributed by atoms with E-state index in [0.29, 0.717) is 11.5 Å². The van der Waals surface area contributed by atoms with Crippen molar-refractivity contribution >= 4 is 27.4 Å². The van der Waals surface area contributed by atoms with Crippen LogP contribution in [0.1, 0.15) is 13.8 Å². The molecule has 0 unspecified atom stereocenters. The first kappa shape index (κ1) is 10.2. The van der Waals surface area contributed by atoms with Gasteiger partial charge in [-0.2, -0.15) is 0 Å². The van der Waals surface area contributed by atoms with Gasteiger partial charge in [-0.15, -0.1) is 0 Å². The van der Waals surface area contributed by atoms with Crippen molar-refractivity contribution in [1.29, 1.82) is 0 Å². The van der Waals surface area contributed by atoms with Crippen LogP contribution in [0.15, 0.2) is 16.7 Å². The first-order chi connectivity index (χ1) is 5.20. The molecule has 3 nitrogen and oxygen atoms in total. The number of anilines is 2. The van der Waals surface area contributed by atoms with Crippen molar-refractivity contribution in [2.24, 2.45) is 0 Å². The van der Waals surface area contributed by atoms with Gasteiger partial charge in [0.15, 0.2) is 0 Å². The molecular formula is C7H12BrN3. The molecule has 1 rings (SSSR count). The zero-order valence-electron chi connectivity index (χ0n) is 6.63. The Hall–Kier alpha value is -0.770. The van der Waals surface area contributed by atoms with E-state index in [1.807, 2.05) is 13.8 Å². The van der Waals surface area contributed by atoms with Gasteiger partial charge in [-0.1, -0.05) is 13.8 Å². The Labute approximate surface area is 74.9 Å². The number of nitrogen functional groups attached to an aromatic ring is 2. The van der Waals surface area contributed by atoms with Crippen molar-refractivity contribution in [2.75, 3.05) is 11.5 Å². The Kier molecular flexibility index (Phi) is 4.61. The van der Waals surface area contributed by atoms with E-state index in [4.69, 9.17) is 11.5 Å². The molecule has 0 fully saturated rings. The SMILES string of the molecule is CC.Nc1cc(Br)cnc1N. The molecule has 0 atom stereocenters. The van der Waals surface area contributed by atoms with Gasteiger partial charge in [0.2, 0.25) is 0 Å². The maximum Gasteiger partial charge on any atom is 0.146 e. The first-order valence-electron chi connectivity index (χ1n) is 3.36. The summed E-state index contributed by atoms with van der Waals surface area (Å²) < 4.78 is 0.842. The monoisotopic (exact) mass is 217 g/mol. The third kappa shape index (κ3) is 3.23. The minimum Gasteiger partial charge on any atom is -0.396 e. The van der Waals surface area contributed by atoms with Crippen LogP contribution in [0.3, 0.4) is 0 Å². The Bertz CT molecular complexity index is 225. The van der Waals surface area contributed by atoms with Crippen molar-refractivity contribution in [1.82, 2.24) is 4.98 Å². The van der Waals surface area contributed by atoms with E-state index in [-0.39, 0.29) is 0 Å². The highest BCUT2D eigenvalue weighted by atomic mass is 79.9. The standard InChI is InChI=1S/C5H6BrN3.C2H6/c6-3-1-4(7)5(8)9-2-3;1-2/h1-2H,7H2,(H2,8,9);1-2H3. The summed E-state index contributed by atoms with van der Waals surface area (Å²) in [5.41, 5.74) is 11.2. The van der Waals surface area contributed by atoms with E-state index in [0.717, 1.165) is 4.47 Å². The Balaban J connectivity index is 0.000000461. The van der Waals surface area contributed by atoms with Crippen LogP contribution in [-0.2, 0) is 0 Å². The minimum atomic E-state index is 0.373. The highest BCUT2D eigenvalue weighted by Crippen LogP contribution is 2.16. The highest BCUT2D eigenvalue weighted by molar-refractivity contribution is 9.10. The van der Waals surface area contributed by atoms with Crippen molar-refractivity contribution in [3.8, 4) is 0 Å². The van der Waals surface area contributed by atoms with Crippen molar-refractivity contribution in [3.05, 3.63) is 16.7 Å². The predicted molar refractivity (Wildman–Crippen MR) is 52.1 cm³/mol. The van der Waals surface area contributed by atoms with Gasteiger partial charge in [0.25, 0.3) is 0 Å². The van der Waals surface area contributed by atoms with Gasteiger partial charge in [-0.25, -0.2) is 4.98 Å². The molecule has 4 heteroatoms. The van der Waals surface area contributed by atoms with Crippen LogP contribution < -0.4 is 11.5 Å². The maximum absolute atomic E-state index is 5.40. The van der Waals surface area contributed by atoms with E-state index < -0.39 is 0 Å². The lowest BCUT2D eigenvalue weighted by Crippen LogP contribution is -1.96. The summed E-state index contributed by atoms with van der Waals surface area (Å²) in [5.74, 6) is 0.373. The smallest absolute Gasteiger partial charge is 0.146 e. The summed E-state index contributed by atoms with van der Waals surface area (Å²) in [6.45, 7) is 4.00. The molecule has 0 saturated carbocycles. The van der Waals surface area contributed by atoms with Crippen LogP contribution in [0.5, 0.6) is 0 Å². The van der Waals surface area contributed by atoms with Crippen LogP contribution >= 0.6 is 15.9 Å². The summed E-state index contributed by atoms with van der Waals surface area (Å²) in [5, 5.41) is 0. The van der Waals surface area contributed by atoms with Gasteiger partial charge >= 0.3 is 0 Å². The second kappa shape index (κ2) is 4.96. The molecule has 0 amide bonds. The fraction of sp³-hybridized carbons (Fsp3) is 0.286. The molecule has 0 spiro atoms. The van der Waals surface area contributed by atoms with Crippen molar-refractivity contribution < 1.29 is 0 Å². The molecule has 4 N–H and O–H groups in total. The van der Waals surface area contributed by atoms with Crippen LogP contribution in [-0.4, -0.2) is 4.98 Å². The third-order valence-electron chi connectivity index (χ3n) is 0.916. The Morgan fingerprint density at radius 1 is 1.36 bits per heavy atom. The summed E-state index contributed by atoms with van der Waals surface area (Å²) in [7, 11) is 0. The molecular weight excluding hydrogens is 206 g/mol. The number of pyridine rings is 1. The number of hydrogen-bond acceptors (Lipinski definition) is 3. The first-order valence-corrected chi connectivity index (χ1v) is 4.16. The molecule has 0 aromatic carbocycles. The maximum atomic E-state index is 5.40. The Morgan fingerprint density at radius 3 is 2.27 bits per heavy atom. The second-order valence-corrected chi connectivity index (χ2v) is 2.54. The van der Waals surface area contributed by atoms with Crippen LogP contribution in [0, 0.1) is 0 Å². The molecule has 0 bridgehead atoms. The zero-order chi connectivity index (χ0) is 8.85. The van der Waals surface area contributed by atoms with E-state index >= 15 is 0 Å². The van der Waals surface area contributed by atoms with Crippen LogP contribution in [0.2, 0.25) is 0 Å². The quantitative estimate of drug-likeness (QED) is 0.700. The summed E-state index contributed by atoms with van der Waals surface area (Å²) >= 11 is 3.20. The zero-order valence-corrected chi connectivity index (χ0v) is 8.22. The van der Waals surface area contributed by atoms with E-state index in [1.54, 1.807) is 12.3 Å². The summed E-state index contributed by atoms with van der Waals surface area (Å²) in [6.07, 6.45) is 1.60. The number of aromatic nitrogens is 1. The normalized spacial score (nSPS) is 8.27. The second-order valence-electron chi connectivity index (χ2n) is 1.63. The summed E-state index contributed by atoms with van der Waals surface area (Å²) in [4.78, 5) is 3.78. The molecule has 0 aliphatic heterocycles. The average Bonchev–Trinajstić information content (AvgIpc) is 2.02. The molecule has 11 heavy (non-hydrogen) atoms. The lowest BCUT2D eigenvalue weighted by Gasteiger charge is -1.96. The van der Waals surface area contributed by atoms with Gasteiger partial charge in [0, 0.05) is 10.7 Å². The van der Waals surface area contributed by atoms with Gasteiger partial charge in [-0.05, 0) is 22.0 Å². The van der Waals surface area contributed by atoms with Crippen molar-refractivity contribution in [3.63, 3.8) is 0 Å². The predicted octanol–water partition coefficient (Wildman–Crippen LogP) is 2.03. The molecule has 0 saturated heterocycles. The van der Waals surface area contributed by atoms with E-state index in [2.05, 4.69) is 20.9 Å². The lowest BCUT2D eigenvalue weighted by atomic mass is 10.4. The molecule has 0 aliphatic rings. The fourth-order valence-corrected chi connectivity index (χ4v) is 0.815. The van der Waals surface area contributed by atoms with Gasteiger partial charge < -0.3 is 11.5 Å². The van der Waals surface area contributed by atoms with Crippen molar-refractivity contribution in [2.45, 2.75) is 13.8 Å². The average molecular weight is 218 g/mol. The van der Waals surface area contributed by atoms with Gasteiger partial charge in [0.05, 0.1) is 5.69 Å². The molecule has 0 radical (unpaired) electrons. The summed E-state index contributed by atoms with van der Waals surface area (Å²) in [6, 6.07) is 1.71. The fourth-order valence-electron chi connectivity index (χ4n) is 0.466. The van der Waals surface area contributed by atoms with E-state index in [9.17, 15) is 0 Å². The number of hydrogen-bond donors (Lipinski definition) is 2. The topological polar surface area (TPSA) is 64.9 Å². The molecule has 0 aliphatic carbocycles. The number of halogens is 1. The number of rotatable bonds is 0. The van der Waals surface area contributed by atoms with Crippen LogP contribution in [0.4, 0.5) is 11.5 Å². The molecule has 1 heterocycles.